The van der Waals surface area contributed by atoms with Gasteiger partial charge in [-0.2, -0.15) is 0 Å². The molecule has 5 nitrogen and oxygen atoms in total. The summed E-state index contributed by atoms with van der Waals surface area (Å²) >= 11 is 0. The first kappa shape index (κ1) is 11.2. The lowest BCUT2D eigenvalue weighted by molar-refractivity contribution is 0.477. The third-order valence-corrected chi connectivity index (χ3v) is 2.29. The van der Waals surface area contributed by atoms with E-state index in [1.54, 1.807) is 24.5 Å². The molecule has 2 rings (SSSR count). The predicted octanol–water partition coefficient (Wildman–Crippen LogP) is 1.42. The fraction of sp³-hybridized carbons (Fsp3) is 0.167. The number of nitrogens with one attached hydrogen (secondary N) is 1. The zero-order valence-corrected chi connectivity index (χ0v) is 9.30. The number of phenols is 1. The minimum absolute atomic E-state index is 0.241. The topological polar surface area (TPSA) is 84.1 Å². The maximum absolute atomic E-state index is 9.53. The van der Waals surface area contributed by atoms with E-state index in [0.717, 1.165) is 5.82 Å². The van der Waals surface area contributed by atoms with Crippen molar-refractivity contribution in [2.45, 2.75) is 6.42 Å². The molecule has 0 aliphatic rings. The van der Waals surface area contributed by atoms with Crippen molar-refractivity contribution in [2.75, 3.05) is 17.6 Å². The van der Waals surface area contributed by atoms with E-state index in [2.05, 4.69) is 15.3 Å². The van der Waals surface area contributed by atoms with Crippen molar-refractivity contribution in [1.82, 2.24) is 9.97 Å². The maximum Gasteiger partial charge on any atom is 0.138 e. The molecule has 4 N–H and O–H groups in total. The molecule has 0 amide bonds. The van der Waals surface area contributed by atoms with Crippen molar-refractivity contribution < 1.29 is 5.11 Å². The fourth-order valence-electron chi connectivity index (χ4n) is 1.43. The van der Waals surface area contributed by atoms with Gasteiger partial charge in [0.1, 0.15) is 11.6 Å². The lowest BCUT2D eigenvalue weighted by Gasteiger charge is -2.07. The molecule has 0 atom stereocenters. The van der Waals surface area contributed by atoms with E-state index in [0.29, 0.717) is 24.3 Å². The van der Waals surface area contributed by atoms with Crippen molar-refractivity contribution in [2.24, 2.45) is 0 Å². The first-order chi connectivity index (χ1) is 8.25. The predicted molar refractivity (Wildman–Crippen MR) is 66.7 cm³/mol. The van der Waals surface area contributed by atoms with Crippen LogP contribution in [0.15, 0.2) is 36.7 Å². The lowest BCUT2D eigenvalue weighted by Crippen LogP contribution is -2.07. The van der Waals surface area contributed by atoms with E-state index in [1.165, 1.54) is 0 Å². The van der Waals surface area contributed by atoms with E-state index in [1.807, 2.05) is 12.1 Å². The molecule has 2 aromatic rings. The average molecular weight is 230 g/mol. The molecule has 17 heavy (non-hydrogen) atoms. The molecule has 1 heterocycles. The van der Waals surface area contributed by atoms with Gasteiger partial charge in [-0.1, -0.05) is 12.1 Å². The number of nitrogens with zero attached hydrogens (tertiary/aromatic N) is 2. The van der Waals surface area contributed by atoms with Gasteiger partial charge in [-0.05, 0) is 12.1 Å². The Morgan fingerprint density at radius 1 is 1.18 bits per heavy atom. The third kappa shape index (κ3) is 3.07. The maximum atomic E-state index is 9.53. The molecule has 1 aromatic carbocycles. The van der Waals surface area contributed by atoms with Crippen molar-refractivity contribution in [3.8, 4) is 5.75 Å². The molecule has 0 aliphatic heterocycles. The number of anilines is 2. The largest absolute Gasteiger partial charge is 0.506 e. The van der Waals surface area contributed by atoms with Gasteiger partial charge in [0.2, 0.25) is 0 Å². The number of benzene rings is 1. The van der Waals surface area contributed by atoms with Gasteiger partial charge in [-0.3, -0.25) is 0 Å². The first-order valence-electron chi connectivity index (χ1n) is 5.34. The van der Waals surface area contributed by atoms with Crippen LogP contribution >= 0.6 is 0 Å². The smallest absolute Gasteiger partial charge is 0.138 e. The van der Waals surface area contributed by atoms with Gasteiger partial charge in [0.05, 0.1) is 23.8 Å². The molecule has 0 radical (unpaired) electrons. The Kier molecular flexibility index (Phi) is 3.40. The van der Waals surface area contributed by atoms with Gasteiger partial charge in [-0.25, -0.2) is 9.97 Å². The van der Waals surface area contributed by atoms with Crippen molar-refractivity contribution >= 4 is 11.4 Å². The third-order valence-electron chi connectivity index (χ3n) is 2.29. The van der Waals surface area contributed by atoms with Crippen LogP contribution in [-0.2, 0) is 6.42 Å². The molecule has 0 unspecified atom stereocenters. The van der Waals surface area contributed by atoms with Crippen LogP contribution in [0, 0.1) is 0 Å². The molecular formula is C12H14N4O. The first-order valence-corrected chi connectivity index (χ1v) is 5.34. The Morgan fingerprint density at radius 2 is 1.88 bits per heavy atom. The highest BCUT2D eigenvalue weighted by atomic mass is 16.3. The highest BCUT2D eigenvalue weighted by molar-refractivity contribution is 5.55. The molecule has 5 heteroatoms. The molecule has 0 saturated heterocycles. The second kappa shape index (κ2) is 5.16. The number of aromatic hydroxyl groups is 1. The monoisotopic (exact) mass is 230 g/mol. The Balaban J connectivity index is 1.88. The second-order valence-electron chi connectivity index (χ2n) is 3.63. The summed E-state index contributed by atoms with van der Waals surface area (Å²) in [5.74, 6) is 0.966. The Labute approximate surface area is 99.3 Å². The number of nitrogens with two attached hydrogens (primary N) is 1. The van der Waals surface area contributed by atoms with Gasteiger partial charge in [0.15, 0.2) is 0 Å². The summed E-state index contributed by atoms with van der Waals surface area (Å²) in [4.78, 5) is 8.19. The van der Waals surface area contributed by atoms with Gasteiger partial charge >= 0.3 is 0 Å². The second-order valence-corrected chi connectivity index (χ2v) is 3.63. The number of phenolic OH excluding ortho intramolecular Hbond substituents is 1. The zero-order chi connectivity index (χ0) is 12.1. The van der Waals surface area contributed by atoms with Crippen LogP contribution in [0.25, 0.3) is 0 Å². The number of hydrogen-bond acceptors (Lipinski definition) is 5. The minimum Gasteiger partial charge on any atom is -0.506 e. The molecule has 0 aliphatic carbocycles. The number of hydrogen-bond donors (Lipinski definition) is 3. The van der Waals surface area contributed by atoms with Crippen LogP contribution in [0.5, 0.6) is 5.75 Å². The fourth-order valence-corrected chi connectivity index (χ4v) is 1.43. The summed E-state index contributed by atoms with van der Waals surface area (Å²) < 4.78 is 0. The summed E-state index contributed by atoms with van der Waals surface area (Å²) in [7, 11) is 0. The van der Waals surface area contributed by atoms with Crippen LogP contribution in [-0.4, -0.2) is 21.6 Å². The summed E-state index contributed by atoms with van der Waals surface area (Å²) in [6, 6.07) is 7.10. The Hall–Kier alpha value is -2.30. The minimum atomic E-state index is 0.241. The van der Waals surface area contributed by atoms with Crippen LogP contribution < -0.4 is 11.1 Å². The van der Waals surface area contributed by atoms with E-state index >= 15 is 0 Å². The van der Waals surface area contributed by atoms with Crippen molar-refractivity contribution in [3.63, 3.8) is 0 Å². The van der Waals surface area contributed by atoms with Crippen molar-refractivity contribution in [1.29, 1.82) is 0 Å². The van der Waals surface area contributed by atoms with Gasteiger partial charge in [0, 0.05) is 13.0 Å². The molecule has 0 bridgehead atoms. The summed E-state index contributed by atoms with van der Waals surface area (Å²) in [5.41, 5.74) is 6.76. The molecule has 1 aromatic heterocycles. The normalized spacial score (nSPS) is 10.1. The van der Waals surface area contributed by atoms with Crippen LogP contribution in [0.4, 0.5) is 11.4 Å². The number of nitrogen functional groups attached to an aromatic ring is 1. The van der Waals surface area contributed by atoms with Gasteiger partial charge < -0.3 is 16.2 Å². The summed E-state index contributed by atoms with van der Waals surface area (Å²) in [6.45, 7) is 0.654. The summed E-state index contributed by atoms with van der Waals surface area (Å²) in [6.07, 6.45) is 3.85. The van der Waals surface area contributed by atoms with Crippen LogP contribution in [0.2, 0.25) is 0 Å². The SMILES string of the molecule is Nc1cnc(CCNc2ccccc2O)nc1. The highest BCUT2D eigenvalue weighted by Crippen LogP contribution is 2.20. The van der Waals surface area contributed by atoms with Crippen LogP contribution in [0.1, 0.15) is 5.82 Å². The van der Waals surface area contributed by atoms with E-state index in [4.69, 9.17) is 5.73 Å². The quantitative estimate of drug-likeness (QED) is 0.692. The number of aromatic nitrogens is 2. The molecule has 0 fully saturated rings. The highest BCUT2D eigenvalue weighted by Gasteiger charge is 1.99. The van der Waals surface area contributed by atoms with E-state index in [-0.39, 0.29) is 5.75 Å². The van der Waals surface area contributed by atoms with Crippen molar-refractivity contribution in [3.05, 3.63) is 42.5 Å². The summed E-state index contributed by atoms with van der Waals surface area (Å²) in [5, 5.41) is 12.6. The van der Waals surface area contributed by atoms with Crippen LogP contribution in [0.3, 0.4) is 0 Å². The zero-order valence-electron chi connectivity index (χ0n) is 9.30. The number of rotatable bonds is 4. The van der Waals surface area contributed by atoms with E-state index in [9.17, 15) is 5.11 Å². The number of para-hydroxylation sites is 2. The molecular weight excluding hydrogens is 216 g/mol. The lowest BCUT2D eigenvalue weighted by atomic mass is 10.3. The van der Waals surface area contributed by atoms with Gasteiger partial charge in [-0.15, -0.1) is 0 Å². The molecule has 88 valence electrons. The Morgan fingerprint density at radius 3 is 2.59 bits per heavy atom. The van der Waals surface area contributed by atoms with E-state index < -0.39 is 0 Å². The average Bonchev–Trinajstić information content (AvgIpc) is 2.34. The standard InChI is InChI=1S/C12H14N4O/c13-9-7-15-12(16-8-9)5-6-14-10-3-1-2-4-11(10)17/h1-4,7-8,14,17H,5-6,13H2. The Bertz CT molecular complexity index is 484. The molecule has 0 spiro atoms. The molecule has 0 saturated carbocycles. The van der Waals surface area contributed by atoms with Gasteiger partial charge in [0.25, 0.3) is 0 Å².